The Morgan fingerprint density at radius 2 is 2.23 bits per heavy atom. The van der Waals surface area contributed by atoms with Crippen molar-refractivity contribution in [2.45, 2.75) is 32.9 Å². The van der Waals surface area contributed by atoms with Crippen LogP contribution in [0.2, 0.25) is 0 Å². The zero-order chi connectivity index (χ0) is 9.84. The van der Waals surface area contributed by atoms with E-state index in [9.17, 15) is 8.78 Å². The number of hydrogen-bond donors (Lipinski definition) is 1. The molecule has 0 aromatic carbocycles. The van der Waals surface area contributed by atoms with Gasteiger partial charge in [0.15, 0.2) is 0 Å². The van der Waals surface area contributed by atoms with Crippen molar-refractivity contribution in [2.75, 3.05) is 0 Å². The number of alkyl halides is 2. The number of nitrogens with one attached hydrogen (secondary N) is 1. The Kier molecular flexibility index (Phi) is 3.81. The van der Waals surface area contributed by atoms with Crippen molar-refractivity contribution >= 4 is 11.3 Å². The van der Waals surface area contributed by atoms with Gasteiger partial charge in [0.25, 0.3) is 6.43 Å². The maximum atomic E-state index is 12.1. The molecule has 0 saturated carbocycles. The van der Waals surface area contributed by atoms with Gasteiger partial charge in [0.2, 0.25) is 0 Å². The molecular weight excluding hydrogens is 192 g/mol. The molecule has 1 aromatic rings. The van der Waals surface area contributed by atoms with E-state index in [1.807, 2.05) is 18.4 Å². The van der Waals surface area contributed by atoms with Crippen LogP contribution in [-0.4, -0.2) is 12.5 Å². The Balaban J connectivity index is 2.39. The summed E-state index contributed by atoms with van der Waals surface area (Å²) in [5.74, 6) is 0. The standard InChI is InChI=1S/C9H13F2NS/c1-6-3-4-13-8(6)5-12-7(2)9(10)11/h3-4,7,9,12H,5H2,1-2H3. The van der Waals surface area contributed by atoms with E-state index in [1.54, 1.807) is 11.3 Å². The van der Waals surface area contributed by atoms with Crippen molar-refractivity contribution in [2.24, 2.45) is 0 Å². The summed E-state index contributed by atoms with van der Waals surface area (Å²) >= 11 is 1.60. The molecule has 0 saturated heterocycles. The Hall–Kier alpha value is -0.480. The first-order valence-electron chi connectivity index (χ1n) is 4.15. The van der Waals surface area contributed by atoms with E-state index >= 15 is 0 Å². The first-order valence-corrected chi connectivity index (χ1v) is 5.03. The molecule has 13 heavy (non-hydrogen) atoms. The van der Waals surface area contributed by atoms with Gasteiger partial charge in [-0.05, 0) is 30.9 Å². The van der Waals surface area contributed by atoms with Crippen LogP contribution in [0.4, 0.5) is 8.78 Å². The molecule has 1 atom stereocenters. The van der Waals surface area contributed by atoms with Crippen LogP contribution >= 0.6 is 11.3 Å². The van der Waals surface area contributed by atoms with E-state index in [-0.39, 0.29) is 0 Å². The molecule has 1 unspecified atom stereocenters. The van der Waals surface area contributed by atoms with Crippen LogP contribution in [0.25, 0.3) is 0 Å². The van der Waals surface area contributed by atoms with Gasteiger partial charge in [-0.15, -0.1) is 11.3 Å². The minimum Gasteiger partial charge on any atom is -0.304 e. The monoisotopic (exact) mass is 205 g/mol. The van der Waals surface area contributed by atoms with Crippen LogP contribution in [0.5, 0.6) is 0 Å². The molecule has 0 bridgehead atoms. The fourth-order valence-corrected chi connectivity index (χ4v) is 1.78. The lowest BCUT2D eigenvalue weighted by Crippen LogP contribution is -2.31. The number of rotatable bonds is 4. The third-order valence-corrected chi connectivity index (χ3v) is 2.95. The summed E-state index contributed by atoms with van der Waals surface area (Å²) in [5.41, 5.74) is 1.17. The lowest BCUT2D eigenvalue weighted by molar-refractivity contribution is 0.105. The van der Waals surface area contributed by atoms with Gasteiger partial charge in [0.1, 0.15) is 0 Å². The highest BCUT2D eigenvalue weighted by atomic mass is 32.1. The van der Waals surface area contributed by atoms with Crippen molar-refractivity contribution in [1.29, 1.82) is 0 Å². The van der Waals surface area contributed by atoms with Gasteiger partial charge in [-0.2, -0.15) is 0 Å². The smallest absolute Gasteiger partial charge is 0.253 e. The summed E-state index contributed by atoms with van der Waals surface area (Å²) in [5, 5.41) is 4.76. The van der Waals surface area contributed by atoms with Crippen molar-refractivity contribution in [1.82, 2.24) is 5.32 Å². The fraction of sp³-hybridized carbons (Fsp3) is 0.556. The molecule has 0 amide bonds. The second-order valence-corrected chi connectivity index (χ2v) is 4.03. The van der Waals surface area contributed by atoms with Gasteiger partial charge in [-0.3, -0.25) is 0 Å². The zero-order valence-electron chi connectivity index (χ0n) is 7.68. The van der Waals surface area contributed by atoms with Crippen LogP contribution in [0.1, 0.15) is 17.4 Å². The normalized spacial score (nSPS) is 13.6. The minimum atomic E-state index is -2.29. The van der Waals surface area contributed by atoms with Crippen LogP contribution in [-0.2, 0) is 6.54 Å². The molecule has 0 aliphatic heterocycles. The van der Waals surface area contributed by atoms with Gasteiger partial charge in [0, 0.05) is 11.4 Å². The summed E-state index contributed by atoms with van der Waals surface area (Å²) in [4.78, 5) is 1.13. The Bertz CT molecular complexity index is 260. The number of halogens is 2. The predicted octanol–water partition coefficient (Wildman–Crippen LogP) is 2.80. The van der Waals surface area contributed by atoms with E-state index in [0.717, 1.165) is 4.88 Å². The average molecular weight is 205 g/mol. The van der Waals surface area contributed by atoms with E-state index in [4.69, 9.17) is 0 Å². The van der Waals surface area contributed by atoms with Crippen molar-refractivity contribution in [3.8, 4) is 0 Å². The van der Waals surface area contributed by atoms with Crippen LogP contribution in [0.3, 0.4) is 0 Å². The van der Waals surface area contributed by atoms with Gasteiger partial charge >= 0.3 is 0 Å². The Morgan fingerprint density at radius 1 is 1.54 bits per heavy atom. The quantitative estimate of drug-likeness (QED) is 0.797. The van der Waals surface area contributed by atoms with Crippen LogP contribution in [0.15, 0.2) is 11.4 Å². The second kappa shape index (κ2) is 4.67. The largest absolute Gasteiger partial charge is 0.304 e. The summed E-state index contributed by atoms with van der Waals surface area (Å²) in [6.45, 7) is 4.02. The highest BCUT2D eigenvalue weighted by Gasteiger charge is 2.13. The lowest BCUT2D eigenvalue weighted by Gasteiger charge is -2.11. The molecule has 1 heterocycles. The molecule has 0 radical (unpaired) electrons. The van der Waals surface area contributed by atoms with E-state index in [0.29, 0.717) is 6.54 Å². The molecule has 0 spiro atoms. The predicted molar refractivity (Wildman–Crippen MR) is 51.4 cm³/mol. The molecule has 0 fully saturated rings. The number of hydrogen-bond acceptors (Lipinski definition) is 2. The first kappa shape index (κ1) is 10.6. The number of aryl methyl sites for hydroxylation is 1. The fourth-order valence-electron chi connectivity index (χ4n) is 0.928. The molecule has 1 N–H and O–H groups in total. The van der Waals surface area contributed by atoms with Gasteiger partial charge in [-0.25, -0.2) is 8.78 Å². The average Bonchev–Trinajstić information content (AvgIpc) is 2.47. The van der Waals surface area contributed by atoms with Crippen molar-refractivity contribution < 1.29 is 8.78 Å². The molecular formula is C9H13F2NS. The molecule has 0 aliphatic rings. The van der Waals surface area contributed by atoms with E-state index in [1.165, 1.54) is 12.5 Å². The van der Waals surface area contributed by atoms with Crippen LogP contribution in [0, 0.1) is 6.92 Å². The Morgan fingerprint density at radius 3 is 2.69 bits per heavy atom. The zero-order valence-corrected chi connectivity index (χ0v) is 8.50. The van der Waals surface area contributed by atoms with E-state index < -0.39 is 12.5 Å². The van der Waals surface area contributed by atoms with E-state index in [2.05, 4.69) is 5.32 Å². The third-order valence-electron chi connectivity index (χ3n) is 1.93. The molecule has 0 aliphatic carbocycles. The van der Waals surface area contributed by atoms with Gasteiger partial charge in [0.05, 0.1) is 6.04 Å². The highest BCUT2D eigenvalue weighted by Crippen LogP contribution is 2.15. The summed E-state index contributed by atoms with van der Waals surface area (Å²) in [7, 11) is 0. The molecule has 4 heteroatoms. The van der Waals surface area contributed by atoms with Gasteiger partial charge < -0.3 is 5.32 Å². The first-order chi connectivity index (χ1) is 6.11. The second-order valence-electron chi connectivity index (χ2n) is 3.03. The molecule has 1 rings (SSSR count). The van der Waals surface area contributed by atoms with Crippen LogP contribution < -0.4 is 5.32 Å². The molecule has 1 aromatic heterocycles. The topological polar surface area (TPSA) is 12.0 Å². The van der Waals surface area contributed by atoms with Gasteiger partial charge in [-0.1, -0.05) is 0 Å². The Labute approximate surface area is 80.8 Å². The maximum Gasteiger partial charge on any atom is 0.253 e. The SMILES string of the molecule is Cc1ccsc1CNC(C)C(F)F. The van der Waals surface area contributed by atoms with Crippen molar-refractivity contribution in [3.05, 3.63) is 21.9 Å². The third kappa shape index (κ3) is 3.04. The summed E-state index contributed by atoms with van der Waals surface area (Å²) in [6.07, 6.45) is -2.29. The molecule has 1 nitrogen and oxygen atoms in total. The lowest BCUT2D eigenvalue weighted by atomic mass is 10.3. The number of thiophene rings is 1. The summed E-state index contributed by atoms with van der Waals surface area (Å²) < 4.78 is 24.2. The maximum absolute atomic E-state index is 12.1. The highest BCUT2D eigenvalue weighted by molar-refractivity contribution is 7.10. The summed E-state index contributed by atoms with van der Waals surface area (Å²) in [6, 6.07) is 1.26. The minimum absolute atomic E-state index is 0.537. The van der Waals surface area contributed by atoms with Crippen molar-refractivity contribution in [3.63, 3.8) is 0 Å². The molecule has 74 valence electrons.